The van der Waals surface area contributed by atoms with Gasteiger partial charge in [-0.1, -0.05) is 48.4 Å². The maximum absolute atomic E-state index is 11.1. The molecule has 20 heavy (non-hydrogen) atoms. The molecule has 0 spiro atoms. The van der Waals surface area contributed by atoms with Crippen molar-refractivity contribution in [3.8, 4) is 23.0 Å². The van der Waals surface area contributed by atoms with Gasteiger partial charge in [0.15, 0.2) is 5.60 Å². The first-order valence-electron chi connectivity index (χ1n) is 6.71. The summed E-state index contributed by atoms with van der Waals surface area (Å²) in [6.07, 6.45) is 0.519. The Kier molecular flexibility index (Phi) is 3.10. The van der Waals surface area contributed by atoms with E-state index in [1.165, 1.54) is 0 Å². The maximum atomic E-state index is 11.1. The fourth-order valence-electron chi connectivity index (χ4n) is 3.06. The number of hydrogen-bond acceptors (Lipinski definition) is 2. The highest BCUT2D eigenvalue weighted by Gasteiger charge is 2.41. The number of fused-ring (bicyclic) bond motifs is 3. The third-order valence-corrected chi connectivity index (χ3v) is 3.81. The molecule has 0 bridgehead atoms. The molecule has 0 radical (unpaired) electrons. The molecule has 0 saturated carbocycles. The first kappa shape index (κ1) is 12.9. The molecule has 0 amide bonds. The van der Waals surface area contributed by atoms with Crippen LogP contribution in [0.15, 0.2) is 42.5 Å². The Hall–Kier alpha value is -2.08. The van der Waals surface area contributed by atoms with Crippen molar-refractivity contribution in [2.24, 2.45) is 0 Å². The molecule has 0 heterocycles. The van der Waals surface area contributed by atoms with E-state index < -0.39 is 5.60 Å². The summed E-state index contributed by atoms with van der Waals surface area (Å²) < 4.78 is 0. The van der Waals surface area contributed by atoms with Crippen LogP contribution in [0.3, 0.4) is 0 Å². The monoisotopic (exact) mass is 264 g/mol. The Morgan fingerprint density at radius 3 is 2.55 bits per heavy atom. The van der Waals surface area contributed by atoms with Crippen molar-refractivity contribution >= 4 is 0 Å². The molecule has 2 aromatic rings. The van der Waals surface area contributed by atoms with E-state index in [2.05, 4.69) is 11.8 Å². The fourth-order valence-corrected chi connectivity index (χ4v) is 3.06. The van der Waals surface area contributed by atoms with Crippen molar-refractivity contribution in [3.63, 3.8) is 0 Å². The molecule has 2 N–H and O–H groups in total. The highest BCUT2D eigenvalue weighted by Crippen LogP contribution is 2.48. The van der Waals surface area contributed by atoms with Crippen molar-refractivity contribution in [2.45, 2.75) is 18.9 Å². The van der Waals surface area contributed by atoms with Gasteiger partial charge in [-0.15, -0.1) is 5.92 Å². The van der Waals surface area contributed by atoms with E-state index in [1.807, 2.05) is 42.5 Å². The van der Waals surface area contributed by atoms with Crippen LogP contribution in [0.2, 0.25) is 0 Å². The van der Waals surface area contributed by atoms with Crippen LogP contribution in [-0.4, -0.2) is 16.8 Å². The van der Waals surface area contributed by atoms with Gasteiger partial charge in [0.1, 0.15) is 0 Å². The Balaban J connectivity index is 2.36. The van der Waals surface area contributed by atoms with E-state index in [-0.39, 0.29) is 6.61 Å². The molecule has 3 rings (SSSR count). The van der Waals surface area contributed by atoms with Gasteiger partial charge in [0.25, 0.3) is 0 Å². The lowest BCUT2D eigenvalue weighted by Gasteiger charge is -2.21. The number of aliphatic hydroxyl groups is 2. The Morgan fingerprint density at radius 1 is 1.05 bits per heavy atom. The zero-order valence-corrected chi connectivity index (χ0v) is 11.4. The van der Waals surface area contributed by atoms with E-state index in [9.17, 15) is 10.2 Å². The lowest BCUT2D eigenvalue weighted by Crippen LogP contribution is -2.24. The molecule has 2 heteroatoms. The molecule has 2 aromatic carbocycles. The molecular weight excluding hydrogens is 248 g/mol. The second-order valence-electron chi connectivity index (χ2n) is 4.94. The summed E-state index contributed by atoms with van der Waals surface area (Å²) in [4.78, 5) is 0. The van der Waals surface area contributed by atoms with Crippen molar-refractivity contribution in [2.75, 3.05) is 6.61 Å². The first-order valence-corrected chi connectivity index (χ1v) is 6.71. The summed E-state index contributed by atoms with van der Waals surface area (Å²) in [7, 11) is 0. The van der Waals surface area contributed by atoms with Crippen LogP contribution in [0.5, 0.6) is 0 Å². The van der Waals surface area contributed by atoms with Gasteiger partial charge in [0.05, 0.1) is 0 Å². The topological polar surface area (TPSA) is 40.5 Å². The smallest absolute Gasteiger partial charge is 0.178 e. The zero-order valence-electron chi connectivity index (χ0n) is 11.4. The van der Waals surface area contributed by atoms with E-state index in [0.29, 0.717) is 6.42 Å². The van der Waals surface area contributed by atoms with Crippen LogP contribution in [-0.2, 0) is 12.0 Å². The largest absolute Gasteiger partial charge is 0.396 e. The normalized spacial score (nSPS) is 18.9. The van der Waals surface area contributed by atoms with E-state index in [4.69, 9.17) is 0 Å². The third-order valence-electron chi connectivity index (χ3n) is 3.81. The van der Waals surface area contributed by atoms with Gasteiger partial charge in [0, 0.05) is 17.7 Å². The van der Waals surface area contributed by atoms with Crippen molar-refractivity contribution in [3.05, 3.63) is 59.2 Å². The number of aliphatic hydroxyl groups excluding tert-OH is 1. The molecule has 1 unspecified atom stereocenters. The molecule has 0 aromatic heterocycles. The first-order chi connectivity index (χ1) is 9.72. The predicted octanol–water partition coefficient (Wildman–Crippen LogP) is 2.46. The third kappa shape index (κ3) is 1.68. The minimum absolute atomic E-state index is 0.0580. The van der Waals surface area contributed by atoms with Gasteiger partial charge in [-0.3, -0.25) is 0 Å². The van der Waals surface area contributed by atoms with Gasteiger partial charge in [-0.2, -0.15) is 0 Å². The fraction of sp³-hybridized carbons (Fsp3) is 0.222. The van der Waals surface area contributed by atoms with Crippen LogP contribution in [0.4, 0.5) is 0 Å². The predicted molar refractivity (Wildman–Crippen MR) is 79.1 cm³/mol. The average molecular weight is 264 g/mol. The van der Waals surface area contributed by atoms with Crippen molar-refractivity contribution in [1.82, 2.24) is 0 Å². The van der Waals surface area contributed by atoms with Gasteiger partial charge < -0.3 is 10.2 Å². The highest BCUT2D eigenvalue weighted by molar-refractivity contribution is 5.83. The van der Waals surface area contributed by atoms with Crippen LogP contribution >= 0.6 is 0 Å². The second kappa shape index (κ2) is 4.79. The number of rotatable bonds is 2. The summed E-state index contributed by atoms with van der Waals surface area (Å²) in [6.45, 7) is 1.79. The Bertz CT molecular complexity index is 722. The standard InChI is InChI=1S/C18H16O2/c1-2-11-18(20)16-9-4-3-7-14(16)15-8-5-6-13(10-12-19)17(15)18/h3-9,19-20H,10,12H2,1H3. The zero-order chi connectivity index (χ0) is 14.2. The molecule has 1 atom stereocenters. The summed E-state index contributed by atoms with van der Waals surface area (Å²) >= 11 is 0. The van der Waals surface area contributed by atoms with Gasteiger partial charge in [-0.05, 0) is 30.0 Å². The van der Waals surface area contributed by atoms with Crippen molar-refractivity contribution in [1.29, 1.82) is 0 Å². The summed E-state index contributed by atoms with van der Waals surface area (Å²) in [6, 6.07) is 13.7. The van der Waals surface area contributed by atoms with E-state index in [1.54, 1.807) is 6.92 Å². The number of benzene rings is 2. The van der Waals surface area contributed by atoms with Gasteiger partial charge in [-0.25, -0.2) is 0 Å². The Labute approximate surface area is 118 Å². The molecule has 100 valence electrons. The SMILES string of the molecule is CC#CC1(O)c2ccccc2-c2cccc(CCO)c21. The summed E-state index contributed by atoms with van der Waals surface area (Å²) in [5.74, 6) is 5.79. The van der Waals surface area contributed by atoms with Crippen LogP contribution in [0.1, 0.15) is 23.6 Å². The molecule has 0 aliphatic heterocycles. The molecule has 0 fully saturated rings. The van der Waals surface area contributed by atoms with Gasteiger partial charge >= 0.3 is 0 Å². The minimum Gasteiger partial charge on any atom is -0.396 e. The highest BCUT2D eigenvalue weighted by atomic mass is 16.3. The molecule has 2 nitrogen and oxygen atoms in total. The maximum Gasteiger partial charge on any atom is 0.178 e. The average Bonchev–Trinajstić information content (AvgIpc) is 2.72. The Morgan fingerprint density at radius 2 is 1.80 bits per heavy atom. The van der Waals surface area contributed by atoms with Crippen LogP contribution in [0.25, 0.3) is 11.1 Å². The number of hydrogen-bond donors (Lipinski definition) is 2. The lowest BCUT2D eigenvalue weighted by molar-refractivity contribution is 0.149. The molecule has 1 aliphatic carbocycles. The summed E-state index contributed by atoms with van der Waals surface area (Å²) in [5, 5.41) is 20.4. The van der Waals surface area contributed by atoms with Gasteiger partial charge in [0.2, 0.25) is 0 Å². The van der Waals surface area contributed by atoms with Crippen LogP contribution < -0.4 is 0 Å². The van der Waals surface area contributed by atoms with Crippen molar-refractivity contribution < 1.29 is 10.2 Å². The lowest BCUT2D eigenvalue weighted by atomic mass is 9.88. The minimum atomic E-state index is -1.27. The quantitative estimate of drug-likeness (QED) is 0.818. The second-order valence-corrected chi connectivity index (χ2v) is 4.94. The van der Waals surface area contributed by atoms with E-state index >= 15 is 0 Å². The van der Waals surface area contributed by atoms with Crippen LogP contribution in [0, 0.1) is 11.8 Å². The molecule has 0 saturated heterocycles. The molecule has 1 aliphatic rings. The summed E-state index contributed by atoms with van der Waals surface area (Å²) in [5.41, 5.74) is 3.36. The van der Waals surface area contributed by atoms with E-state index in [0.717, 1.165) is 27.8 Å². The molecular formula is C18H16O2.